The number of aromatic nitrogens is 3. The summed E-state index contributed by atoms with van der Waals surface area (Å²) in [4.78, 5) is 18.9. The summed E-state index contributed by atoms with van der Waals surface area (Å²) in [5, 5.41) is 4.31. The number of amides is 1. The molecule has 0 saturated carbocycles. The van der Waals surface area contributed by atoms with Gasteiger partial charge in [-0.1, -0.05) is 6.92 Å². The van der Waals surface area contributed by atoms with Crippen molar-refractivity contribution in [2.75, 3.05) is 14.2 Å². The van der Waals surface area contributed by atoms with Crippen LogP contribution in [0.3, 0.4) is 0 Å². The van der Waals surface area contributed by atoms with Gasteiger partial charge < -0.3 is 9.64 Å². The highest BCUT2D eigenvalue weighted by Gasteiger charge is 2.20. The fourth-order valence-corrected chi connectivity index (χ4v) is 2.83. The van der Waals surface area contributed by atoms with E-state index in [0.29, 0.717) is 12.1 Å². The van der Waals surface area contributed by atoms with Crippen LogP contribution in [0.2, 0.25) is 0 Å². The maximum Gasteiger partial charge on any atom is 0.257 e. The van der Waals surface area contributed by atoms with Crippen LogP contribution in [0, 0.1) is 20.8 Å². The average molecular weight is 330 g/mol. The molecule has 0 bridgehead atoms. The van der Waals surface area contributed by atoms with Crippen LogP contribution in [0.4, 0.5) is 0 Å². The van der Waals surface area contributed by atoms with E-state index < -0.39 is 0 Å². The molecule has 6 nitrogen and oxygen atoms in total. The molecule has 0 aliphatic heterocycles. The largest absolute Gasteiger partial charge is 0.496 e. The van der Waals surface area contributed by atoms with Crippen LogP contribution in [-0.4, -0.2) is 39.7 Å². The third-order valence-corrected chi connectivity index (χ3v) is 4.25. The number of hydrogen-bond acceptors (Lipinski definition) is 4. The van der Waals surface area contributed by atoms with Crippen LogP contribution in [0.1, 0.15) is 46.2 Å². The van der Waals surface area contributed by atoms with Crippen molar-refractivity contribution in [3.05, 3.63) is 40.5 Å². The van der Waals surface area contributed by atoms with Gasteiger partial charge in [-0.15, -0.1) is 0 Å². The molecule has 2 aromatic heterocycles. The molecule has 0 atom stereocenters. The Labute approximate surface area is 143 Å². The first kappa shape index (κ1) is 18.0. The second-order valence-corrected chi connectivity index (χ2v) is 6.07. The van der Waals surface area contributed by atoms with Crippen molar-refractivity contribution in [3.63, 3.8) is 0 Å². The van der Waals surface area contributed by atoms with E-state index in [4.69, 9.17) is 4.74 Å². The predicted molar refractivity (Wildman–Crippen MR) is 93.3 cm³/mol. The number of aryl methyl sites for hydroxylation is 2. The van der Waals surface area contributed by atoms with Gasteiger partial charge in [0.25, 0.3) is 5.91 Å². The van der Waals surface area contributed by atoms with Gasteiger partial charge in [0.05, 0.1) is 31.1 Å². The van der Waals surface area contributed by atoms with Crippen molar-refractivity contribution >= 4 is 5.91 Å². The Morgan fingerprint density at radius 3 is 2.62 bits per heavy atom. The second-order valence-electron chi connectivity index (χ2n) is 6.07. The number of pyridine rings is 1. The number of nitrogens with zero attached hydrogens (tertiary/aromatic N) is 4. The van der Waals surface area contributed by atoms with Gasteiger partial charge in [-0.25, -0.2) is 0 Å². The molecule has 0 unspecified atom stereocenters. The molecule has 0 saturated heterocycles. The van der Waals surface area contributed by atoms with E-state index in [1.807, 2.05) is 25.5 Å². The molecule has 130 valence electrons. The molecule has 0 spiro atoms. The van der Waals surface area contributed by atoms with E-state index in [9.17, 15) is 4.79 Å². The molecule has 1 amide bonds. The molecular weight excluding hydrogens is 304 g/mol. The molecule has 2 rings (SSSR count). The molecule has 0 aliphatic carbocycles. The molecule has 24 heavy (non-hydrogen) atoms. The SMILES string of the molecule is CCCn1ncc(C(=O)N(C)Cc2ncc(C)c(OC)c2C)c1C. The summed E-state index contributed by atoms with van der Waals surface area (Å²) in [6.45, 7) is 9.20. The first-order valence-corrected chi connectivity index (χ1v) is 8.17. The fraction of sp³-hybridized carbons (Fsp3) is 0.500. The summed E-state index contributed by atoms with van der Waals surface area (Å²) in [6, 6.07) is 0. The van der Waals surface area contributed by atoms with Crippen LogP contribution in [0.5, 0.6) is 5.75 Å². The highest BCUT2D eigenvalue weighted by molar-refractivity contribution is 5.94. The monoisotopic (exact) mass is 330 g/mol. The molecule has 2 aromatic rings. The number of methoxy groups -OCH3 is 1. The molecule has 0 fully saturated rings. The maximum absolute atomic E-state index is 12.7. The van der Waals surface area contributed by atoms with E-state index in [2.05, 4.69) is 17.0 Å². The molecular formula is C18H26N4O2. The highest BCUT2D eigenvalue weighted by atomic mass is 16.5. The van der Waals surface area contributed by atoms with Crippen molar-refractivity contribution in [1.82, 2.24) is 19.7 Å². The summed E-state index contributed by atoms with van der Waals surface area (Å²) in [5.41, 5.74) is 4.34. The number of carbonyl (C=O) groups excluding carboxylic acids is 1. The minimum atomic E-state index is -0.0457. The van der Waals surface area contributed by atoms with E-state index in [1.54, 1.807) is 31.5 Å². The normalized spacial score (nSPS) is 10.8. The van der Waals surface area contributed by atoms with Crippen molar-refractivity contribution in [2.24, 2.45) is 0 Å². The third kappa shape index (κ3) is 3.42. The van der Waals surface area contributed by atoms with Crippen molar-refractivity contribution in [2.45, 2.75) is 47.2 Å². The number of rotatable bonds is 6. The maximum atomic E-state index is 12.7. The Balaban J connectivity index is 2.21. The van der Waals surface area contributed by atoms with E-state index in [-0.39, 0.29) is 5.91 Å². The number of hydrogen-bond donors (Lipinski definition) is 0. The lowest BCUT2D eigenvalue weighted by Gasteiger charge is -2.19. The molecule has 6 heteroatoms. The lowest BCUT2D eigenvalue weighted by molar-refractivity contribution is 0.0782. The smallest absolute Gasteiger partial charge is 0.257 e. The molecule has 0 aromatic carbocycles. The van der Waals surface area contributed by atoms with Gasteiger partial charge in [0, 0.05) is 36.6 Å². The van der Waals surface area contributed by atoms with Gasteiger partial charge in [0.2, 0.25) is 0 Å². The first-order chi connectivity index (χ1) is 11.4. The molecule has 2 heterocycles. The van der Waals surface area contributed by atoms with Crippen LogP contribution in [-0.2, 0) is 13.1 Å². The quantitative estimate of drug-likeness (QED) is 0.817. The highest BCUT2D eigenvalue weighted by Crippen LogP contribution is 2.25. The lowest BCUT2D eigenvalue weighted by atomic mass is 10.1. The summed E-state index contributed by atoms with van der Waals surface area (Å²) in [7, 11) is 3.44. The van der Waals surface area contributed by atoms with Crippen LogP contribution < -0.4 is 4.74 Å². The van der Waals surface area contributed by atoms with Crippen LogP contribution in [0.15, 0.2) is 12.4 Å². The van der Waals surface area contributed by atoms with Crippen LogP contribution in [0.25, 0.3) is 0 Å². The molecule has 0 N–H and O–H groups in total. The summed E-state index contributed by atoms with van der Waals surface area (Å²) in [6.07, 6.45) is 4.42. The number of ether oxygens (including phenoxy) is 1. The Hall–Kier alpha value is -2.37. The predicted octanol–water partition coefficient (Wildman–Crippen LogP) is 2.89. The Bertz CT molecular complexity index is 737. The zero-order chi connectivity index (χ0) is 17.9. The topological polar surface area (TPSA) is 60.2 Å². The van der Waals surface area contributed by atoms with Crippen molar-refractivity contribution < 1.29 is 9.53 Å². The minimum absolute atomic E-state index is 0.0457. The molecule has 0 radical (unpaired) electrons. The second kappa shape index (κ2) is 7.47. The van der Waals surface area contributed by atoms with Gasteiger partial charge in [-0.3, -0.25) is 14.5 Å². The van der Waals surface area contributed by atoms with Gasteiger partial charge in [0.15, 0.2) is 0 Å². The van der Waals surface area contributed by atoms with E-state index >= 15 is 0 Å². The Kier molecular flexibility index (Phi) is 5.59. The summed E-state index contributed by atoms with van der Waals surface area (Å²) >= 11 is 0. The van der Waals surface area contributed by atoms with Crippen molar-refractivity contribution in [3.8, 4) is 5.75 Å². The van der Waals surface area contributed by atoms with E-state index in [1.165, 1.54) is 0 Å². The standard InChI is InChI=1S/C18H26N4O2/c1-7-8-22-14(4)15(10-20-22)18(23)21(5)11-16-13(3)17(24-6)12(2)9-19-16/h9-10H,7-8,11H2,1-6H3. The Morgan fingerprint density at radius 2 is 2.00 bits per heavy atom. The Morgan fingerprint density at radius 1 is 1.29 bits per heavy atom. The zero-order valence-corrected chi connectivity index (χ0v) is 15.4. The van der Waals surface area contributed by atoms with Crippen molar-refractivity contribution in [1.29, 1.82) is 0 Å². The number of carbonyl (C=O) groups is 1. The summed E-state index contributed by atoms with van der Waals surface area (Å²) in [5.74, 6) is 0.781. The molecule has 0 aliphatic rings. The first-order valence-electron chi connectivity index (χ1n) is 8.17. The van der Waals surface area contributed by atoms with Gasteiger partial charge >= 0.3 is 0 Å². The average Bonchev–Trinajstić information content (AvgIpc) is 2.91. The fourth-order valence-electron chi connectivity index (χ4n) is 2.83. The minimum Gasteiger partial charge on any atom is -0.496 e. The van der Waals surface area contributed by atoms with Crippen LogP contribution >= 0.6 is 0 Å². The lowest BCUT2D eigenvalue weighted by Crippen LogP contribution is -2.27. The van der Waals surface area contributed by atoms with Gasteiger partial charge in [0.1, 0.15) is 5.75 Å². The zero-order valence-electron chi connectivity index (χ0n) is 15.4. The van der Waals surface area contributed by atoms with Gasteiger partial charge in [-0.2, -0.15) is 5.10 Å². The van der Waals surface area contributed by atoms with Gasteiger partial charge in [-0.05, 0) is 27.2 Å². The van der Waals surface area contributed by atoms with E-state index in [0.717, 1.165) is 41.2 Å². The summed E-state index contributed by atoms with van der Waals surface area (Å²) < 4.78 is 7.31. The third-order valence-electron chi connectivity index (χ3n) is 4.25.